The molecule has 0 atom stereocenters. The Morgan fingerprint density at radius 3 is 2.32 bits per heavy atom. The minimum Gasteiger partial charge on any atom is -0.464 e. The summed E-state index contributed by atoms with van der Waals surface area (Å²) in [4.78, 5) is 44.3. The number of esters is 1. The van der Waals surface area contributed by atoms with E-state index in [4.69, 9.17) is 4.74 Å². The maximum Gasteiger partial charge on any atom is 0.357 e. The van der Waals surface area contributed by atoms with Gasteiger partial charge in [-0.3, -0.25) is 9.59 Å². The van der Waals surface area contributed by atoms with Crippen LogP contribution in [-0.4, -0.2) is 29.9 Å². The van der Waals surface area contributed by atoms with Crippen LogP contribution in [0.2, 0.25) is 0 Å². The number of pyridine rings is 1. The Hall–Kier alpha value is -3.54. The molecule has 0 saturated heterocycles. The largest absolute Gasteiger partial charge is 0.464 e. The number of rotatable bonds is 2. The molecule has 2 amide bonds. The monoisotopic (exact) mass is 374 g/mol. The number of aromatic nitrogens is 1. The van der Waals surface area contributed by atoms with Gasteiger partial charge in [-0.05, 0) is 56.2 Å². The molecule has 0 radical (unpaired) electrons. The van der Waals surface area contributed by atoms with Gasteiger partial charge in [0.15, 0.2) is 5.69 Å². The van der Waals surface area contributed by atoms with Gasteiger partial charge in [-0.15, -0.1) is 0 Å². The van der Waals surface area contributed by atoms with Crippen LogP contribution in [0.1, 0.15) is 47.9 Å². The first-order valence-corrected chi connectivity index (χ1v) is 8.82. The van der Waals surface area contributed by atoms with Gasteiger partial charge in [0.2, 0.25) is 0 Å². The molecule has 2 aromatic carbocycles. The van der Waals surface area contributed by atoms with Crippen molar-refractivity contribution in [2.24, 2.45) is 0 Å². The number of nitrogens with zero attached hydrogens (tertiary/aromatic N) is 2. The van der Waals surface area contributed by atoms with Gasteiger partial charge in [-0.25, -0.2) is 14.7 Å². The predicted octanol–water partition coefficient (Wildman–Crippen LogP) is 3.75. The number of anilines is 1. The van der Waals surface area contributed by atoms with Crippen molar-refractivity contribution in [3.63, 3.8) is 0 Å². The van der Waals surface area contributed by atoms with Gasteiger partial charge in [0.1, 0.15) is 0 Å². The third-order valence-electron chi connectivity index (χ3n) is 5.10. The topological polar surface area (TPSA) is 76.6 Å². The molecule has 0 fully saturated rings. The molecule has 0 bridgehead atoms. The lowest BCUT2D eigenvalue weighted by atomic mass is 10.0. The summed E-state index contributed by atoms with van der Waals surface area (Å²) in [6.07, 6.45) is 0. The number of aryl methyl sites for hydroxylation is 3. The summed E-state index contributed by atoms with van der Waals surface area (Å²) in [6, 6.07) is 10.7. The van der Waals surface area contributed by atoms with Crippen LogP contribution in [0.3, 0.4) is 0 Å². The highest BCUT2D eigenvalue weighted by molar-refractivity contribution is 6.39. The fraction of sp³-hybridized carbons (Fsp3) is 0.182. The molecule has 0 saturated carbocycles. The van der Waals surface area contributed by atoms with E-state index in [0.717, 1.165) is 21.6 Å². The van der Waals surface area contributed by atoms with E-state index in [1.807, 2.05) is 32.9 Å². The lowest BCUT2D eigenvalue weighted by molar-refractivity contribution is 0.0590. The summed E-state index contributed by atoms with van der Waals surface area (Å²) in [6.45, 7) is 5.76. The number of carbonyl (C=O) groups is 3. The zero-order chi connectivity index (χ0) is 20.2. The molecule has 2 heterocycles. The molecule has 0 N–H and O–H groups in total. The van der Waals surface area contributed by atoms with E-state index >= 15 is 0 Å². The second-order valence-corrected chi connectivity index (χ2v) is 6.94. The Morgan fingerprint density at radius 2 is 1.64 bits per heavy atom. The fourth-order valence-electron chi connectivity index (χ4n) is 3.47. The van der Waals surface area contributed by atoms with E-state index < -0.39 is 17.8 Å². The molecule has 28 heavy (non-hydrogen) atoms. The summed E-state index contributed by atoms with van der Waals surface area (Å²) in [5, 5.41) is 0.548. The van der Waals surface area contributed by atoms with Crippen molar-refractivity contribution >= 4 is 34.4 Å². The van der Waals surface area contributed by atoms with Crippen LogP contribution < -0.4 is 4.90 Å². The number of fused-ring (bicyclic) bond motifs is 3. The zero-order valence-corrected chi connectivity index (χ0v) is 16.0. The number of methoxy groups -OCH3 is 1. The summed E-state index contributed by atoms with van der Waals surface area (Å²) >= 11 is 0. The smallest absolute Gasteiger partial charge is 0.357 e. The summed E-state index contributed by atoms with van der Waals surface area (Å²) in [7, 11) is 1.22. The first kappa shape index (κ1) is 17.9. The molecule has 6 heteroatoms. The number of amides is 2. The maximum atomic E-state index is 13.3. The van der Waals surface area contributed by atoms with E-state index in [1.54, 1.807) is 24.3 Å². The van der Waals surface area contributed by atoms with Crippen molar-refractivity contribution in [1.82, 2.24) is 4.98 Å². The lowest BCUT2D eigenvalue weighted by Gasteiger charge is -2.15. The average molecular weight is 374 g/mol. The maximum absolute atomic E-state index is 13.3. The minimum absolute atomic E-state index is 0.00632. The average Bonchev–Trinajstić information content (AvgIpc) is 2.94. The summed E-state index contributed by atoms with van der Waals surface area (Å²) < 4.78 is 4.81. The molecule has 140 valence electrons. The van der Waals surface area contributed by atoms with Crippen LogP contribution >= 0.6 is 0 Å². The zero-order valence-electron chi connectivity index (χ0n) is 16.0. The molecule has 4 rings (SSSR count). The number of carbonyl (C=O) groups excluding carboxylic acids is 3. The molecule has 6 nitrogen and oxygen atoms in total. The Bertz CT molecular complexity index is 1200. The quantitative estimate of drug-likeness (QED) is 0.504. The molecule has 0 unspecified atom stereocenters. The fourth-order valence-corrected chi connectivity index (χ4v) is 3.47. The predicted molar refractivity (Wildman–Crippen MR) is 105 cm³/mol. The first-order chi connectivity index (χ1) is 13.3. The van der Waals surface area contributed by atoms with Gasteiger partial charge in [-0.2, -0.15) is 0 Å². The third-order valence-corrected chi connectivity index (χ3v) is 5.10. The van der Waals surface area contributed by atoms with Crippen LogP contribution in [0.25, 0.3) is 10.9 Å². The number of benzene rings is 2. The van der Waals surface area contributed by atoms with Crippen LogP contribution in [0.4, 0.5) is 5.69 Å². The normalized spacial score (nSPS) is 13.2. The second kappa shape index (κ2) is 6.27. The van der Waals surface area contributed by atoms with E-state index in [1.165, 1.54) is 7.11 Å². The molecule has 1 aliphatic rings. The number of hydrogen-bond acceptors (Lipinski definition) is 5. The van der Waals surface area contributed by atoms with Crippen molar-refractivity contribution in [3.8, 4) is 0 Å². The Labute approximate surface area is 161 Å². The molecule has 0 spiro atoms. The van der Waals surface area contributed by atoms with Crippen LogP contribution in [-0.2, 0) is 4.74 Å². The van der Waals surface area contributed by atoms with Gasteiger partial charge < -0.3 is 4.74 Å². The van der Waals surface area contributed by atoms with Crippen molar-refractivity contribution in [3.05, 3.63) is 69.9 Å². The van der Waals surface area contributed by atoms with Crippen LogP contribution in [0.15, 0.2) is 36.4 Å². The lowest BCUT2D eigenvalue weighted by Crippen LogP contribution is -2.29. The molecular weight excluding hydrogens is 356 g/mol. The molecular formula is C22H18N2O4. The molecule has 1 aliphatic heterocycles. The Kier molecular flexibility index (Phi) is 4.00. The van der Waals surface area contributed by atoms with Gasteiger partial charge in [-0.1, -0.05) is 17.7 Å². The SMILES string of the molecule is COC(=O)c1nc2ccc(C)cc2c2c1C(=O)N(c1ccc(C)c(C)c1)C2=O. The van der Waals surface area contributed by atoms with E-state index in [9.17, 15) is 14.4 Å². The van der Waals surface area contributed by atoms with Gasteiger partial charge in [0.05, 0.1) is 29.4 Å². The standard InChI is InChI=1S/C22H18N2O4/c1-11-5-8-16-15(9-11)17-18(19(23-16)22(27)28-4)21(26)24(20(17)25)14-7-6-12(2)13(3)10-14/h5-10H,1-4H3. The van der Waals surface area contributed by atoms with Crippen LogP contribution in [0, 0.1) is 20.8 Å². The highest BCUT2D eigenvalue weighted by atomic mass is 16.5. The molecule has 1 aromatic heterocycles. The highest BCUT2D eigenvalue weighted by Crippen LogP contribution is 2.35. The second-order valence-electron chi connectivity index (χ2n) is 6.94. The number of ether oxygens (including phenoxy) is 1. The number of imide groups is 1. The van der Waals surface area contributed by atoms with E-state index in [0.29, 0.717) is 16.6 Å². The van der Waals surface area contributed by atoms with Crippen molar-refractivity contribution in [2.45, 2.75) is 20.8 Å². The van der Waals surface area contributed by atoms with E-state index in [-0.39, 0.29) is 16.8 Å². The van der Waals surface area contributed by atoms with Gasteiger partial charge in [0, 0.05) is 5.39 Å². The van der Waals surface area contributed by atoms with Crippen molar-refractivity contribution in [2.75, 3.05) is 12.0 Å². The number of hydrogen-bond donors (Lipinski definition) is 0. The third kappa shape index (κ3) is 2.49. The first-order valence-electron chi connectivity index (χ1n) is 8.82. The summed E-state index contributed by atoms with van der Waals surface area (Å²) in [5.41, 5.74) is 3.91. The molecule has 0 aliphatic carbocycles. The Morgan fingerprint density at radius 1 is 0.929 bits per heavy atom. The van der Waals surface area contributed by atoms with Gasteiger partial charge in [0.25, 0.3) is 11.8 Å². The van der Waals surface area contributed by atoms with Crippen molar-refractivity contribution in [1.29, 1.82) is 0 Å². The molecule has 3 aromatic rings. The Balaban J connectivity index is 2.02. The minimum atomic E-state index is -0.748. The summed E-state index contributed by atoms with van der Waals surface area (Å²) in [5.74, 6) is -1.78. The highest BCUT2D eigenvalue weighted by Gasteiger charge is 2.42. The van der Waals surface area contributed by atoms with Gasteiger partial charge >= 0.3 is 5.97 Å². The van der Waals surface area contributed by atoms with Crippen LogP contribution in [0.5, 0.6) is 0 Å². The van der Waals surface area contributed by atoms with Crippen molar-refractivity contribution < 1.29 is 19.1 Å². The van der Waals surface area contributed by atoms with E-state index in [2.05, 4.69) is 4.98 Å².